The number of carbonyl (C=O) groups excluding carboxylic acids is 1. The fourth-order valence-corrected chi connectivity index (χ4v) is 4.72. The fraction of sp³-hybridized carbons (Fsp3) is 0.462. The molecule has 1 fully saturated rings. The molecule has 0 radical (unpaired) electrons. The van der Waals surface area contributed by atoms with Gasteiger partial charge in [0.25, 0.3) is 0 Å². The highest BCUT2D eigenvalue weighted by Gasteiger charge is 2.28. The third-order valence-electron chi connectivity index (χ3n) is 3.06. The Hall–Kier alpha value is -0.920. The molecule has 1 aromatic rings. The van der Waals surface area contributed by atoms with Crippen LogP contribution >= 0.6 is 23.4 Å². The first-order valence-electron chi connectivity index (χ1n) is 6.60. The Bertz CT molecular complexity index is 634. The molecule has 0 saturated carbocycles. The first kappa shape index (κ1) is 16.5. The van der Waals surface area contributed by atoms with Crippen LogP contribution in [-0.4, -0.2) is 37.7 Å². The van der Waals surface area contributed by atoms with E-state index in [-0.39, 0.29) is 17.5 Å². The van der Waals surface area contributed by atoms with Gasteiger partial charge in [-0.1, -0.05) is 18.5 Å². The zero-order valence-corrected chi connectivity index (χ0v) is 13.9. The molecule has 1 atom stereocenters. The summed E-state index contributed by atoms with van der Waals surface area (Å²) in [7, 11) is -3.01. The van der Waals surface area contributed by atoms with E-state index in [1.54, 1.807) is 23.9 Å². The monoisotopic (exact) mass is 348 g/mol. The van der Waals surface area contributed by atoms with Crippen LogP contribution in [0.2, 0.25) is 5.02 Å². The van der Waals surface area contributed by atoms with Gasteiger partial charge in [0.1, 0.15) is 0 Å². The number of hydrogen-bond acceptors (Lipinski definition) is 4. The van der Waals surface area contributed by atoms with Gasteiger partial charge in [0, 0.05) is 16.0 Å². The molecule has 21 heavy (non-hydrogen) atoms. The molecule has 1 aliphatic heterocycles. The third-order valence-corrected chi connectivity index (χ3v) is 6.02. The van der Waals surface area contributed by atoms with Crippen LogP contribution in [0.15, 0.2) is 23.1 Å². The Kier molecular flexibility index (Phi) is 5.40. The largest absolute Gasteiger partial charge is 0.334 e. The number of halogens is 1. The quantitative estimate of drug-likeness (QED) is 0.820. The van der Waals surface area contributed by atoms with Crippen LogP contribution < -0.4 is 10.6 Å². The Balaban J connectivity index is 2.01. The van der Waals surface area contributed by atoms with Gasteiger partial charge in [-0.05, 0) is 30.4 Å². The predicted octanol–water partition coefficient (Wildman–Crippen LogP) is 2.76. The average Bonchev–Trinajstić information content (AvgIpc) is 2.72. The summed E-state index contributed by atoms with van der Waals surface area (Å²) in [6, 6.07) is 4.58. The van der Waals surface area contributed by atoms with Crippen LogP contribution in [0.4, 0.5) is 10.5 Å². The van der Waals surface area contributed by atoms with Crippen molar-refractivity contribution < 1.29 is 13.2 Å². The van der Waals surface area contributed by atoms with E-state index in [0.717, 1.165) is 10.6 Å². The van der Waals surface area contributed by atoms with Gasteiger partial charge in [-0.2, -0.15) is 0 Å². The van der Waals surface area contributed by atoms with E-state index in [1.807, 2.05) is 13.0 Å². The number of benzene rings is 1. The second-order valence-corrected chi connectivity index (χ2v) is 8.74. The highest BCUT2D eigenvalue weighted by molar-refractivity contribution is 7.99. The van der Waals surface area contributed by atoms with Crippen molar-refractivity contribution in [1.82, 2.24) is 5.32 Å². The van der Waals surface area contributed by atoms with Crippen molar-refractivity contribution in [3.05, 3.63) is 23.2 Å². The summed E-state index contributed by atoms with van der Waals surface area (Å²) < 4.78 is 22.7. The first-order valence-corrected chi connectivity index (χ1v) is 9.78. The molecule has 0 bridgehead atoms. The molecule has 2 N–H and O–H groups in total. The van der Waals surface area contributed by atoms with Gasteiger partial charge in [0.2, 0.25) is 0 Å². The van der Waals surface area contributed by atoms with Crippen molar-refractivity contribution in [2.45, 2.75) is 24.3 Å². The molecule has 8 heteroatoms. The van der Waals surface area contributed by atoms with E-state index in [0.29, 0.717) is 17.1 Å². The summed E-state index contributed by atoms with van der Waals surface area (Å²) in [6.07, 6.45) is 0.460. The van der Waals surface area contributed by atoms with E-state index in [4.69, 9.17) is 11.6 Å². The first-order chi connectivity index (χ1) is 9.89. The molecule has 0 spiro atoms. The minimum Gasteiger partial charge on any atom is -0.334 e. The zero-order chi connectivity index (χ0) is 15.5. The molecule has 1 saturated heterocycles. The van der Waals surface area contributed by atoms with Crippen molar-refractivity contribution in [3.8, 4) is 0 Å². The molecule has 1 heterocycles. The smallest absolute Gasteiger partial charge is 0.319 e. The van der Waals surface area contributed by atoms with Gasteiger partial charge >= 0.3 is 6.03 Å². The standard InChI is InChI=1S/C13H17ClN2O3S2/c1-2-20-12-4-3-9(14)7-11(12)16-13(17)15-10-5-6-21(18,19)8-10/h3-4,7,10H,2,5-6,8H2,1H3,(H2,15,16,17)/t10-/m1/s1. The lowest BCUT2D eigenvalue weighted by Gasteiger charge is -2.14. The van der Waals surface area contributed by atoms with E-state index < -0.39 is 15.9 Å². The van der Waals surface area contributed by atoms with Gasteiger partial charge in [-0.15, -0.1) is 11.8 Å². The summed E-state index contributed by atoms with van der Waals surface area (Å²) in [5, 5.41) is 5.97. The van der Waals surface area contributed by atoms with E-state index in [9.17, 15) is 13.2 Å². The molecule has 0 aromatic heterocycles. The number of urea groups is 1. The van der Waals surface area contributed by atoms with E-state index >= 15 is 0 Å². The molecule has 0 unspecified atom stereocenters. The molecule has 0 aliphatic carbocycles. The zero-order valence-electron chi connectivity index (χ0n) is 11.6. The van der Waals surface area contributed by atoms with Crippen LogP contribution in [0, 0.1) is 0 Å². The summed E-state index contributed by atoms with van der Waals surface area (Å²) in [5.41, 5.74) is 0.632. The maximum absolute atomic E-state index is 12.0. The second-order valence-electron chi connectivity index (χ2n) is 4.77. The highest BCUT2D eigenvalue weighted by Crippen LogP contribution is 2.29. The molecule has 116 valence electrons. The van der Waals surface area contributed by atoms with Crippen LogP contribution in [0.25, 0.3) is 0 Å². The molecule has 1 aliphatic rings. The van der Waals surface area contributed by atoms with Gasteiger partial charge in [0.05, 0.1) is 17.2 Å². The minimum atomic E-state index is -3.01. The van der Waals surface area contributed by atoms with Gasteiger partial charge in [-0.25, -0.2) is 13.2 Å². The molecular formula is C13H17ClN2O3S2. The number of amides is 2. The number of carbonyl (C=O) groups is 1. The van der Waals surface area contributed by atoms with Gasteiger partial charge < -0.3 is 10.6 Å². The van der Waals surface area contributed by atoms with Crippen molar-refractivity contribution in [3.63, 3.8) is 0 Å². The minimum absolute atomic E-state index is 0.00648. The summed E-state index contributed by atoms with van der Waals surface area (Å²) in [4.78, 5) is 12.9. The van der Waals surface area contributed by atoms with Gasteiger partial charge in [0.15, 0.2) is 9.84 Å². The molecular weight excluding hydrogens is 332 g/mol. The van der Waals surface area contributed by atoms with Crippen LogP contribution in [0.3, 0.4) is 0 Å². The molecule has 1 aromatic carbocycles. The molecule has 2 rings (SSSR count). The number of nitrogens with one attached hydrogen (secondary N) is 2. The maximum Gasteiger partial charge on any atom is 0.319 e. The average molecular weight is 349 g/mol. The highest BCUT2D eigenvalue weighted by atomic mass is 35.5. The lowest BCUT2D eigenvalue weighted by molar-refractivity contribution is 0.249. The number of sulfone groups is 1. The van der Waals surface area contributed by atoms with Crippen LogP contribution in [0.5, 0.6) is 0 Å². The van der Waals surface area contributed by atoms with Crippen molar-refractivity contribution in [2.24, 2.45) is 0 Å². The van der Waals surface area contributed by atoms with Crippen LogP contribution in [0.1, 0.15) is 13.3 Å². The fourth-order valence-electron chi connectivity index (χ4n) is 2.13. The van der Waals surface area contributed by atoms with E-state index in [1.165, 1.54) is 0 Å². The second kappa shape index (κ2) is 6.89. The third kappa shape index (κ3) is 4.79. The Morgan fingerprint density at radius 1 is 1.48 bits per heavy atom. The lowest BCUT2D eigenvalue weighted by atomic mass is 10.3. The van der Waals surface area contributed by atoms with Crippen molar-refractivity contribution in [1.29, 1.82) is 0 Å². The summed E-state index contributed by atoms with van der Waals surface area (Å²) >= 11 is 7.55. The normalized spacial score (nSPS) is 20.2. The Morgan fingerprint density at radius 2 is 2.24 bits per heavy atom. The van der Waals surface area contributed by atoms with Gasteiger partial charge in [-0.3, -0.25) is 0 Å². The predicted molar refractivity (Wildman–Crippen MR) is 87.1 cm³/mol. The topological polar surface area (TPSA) is 75.3 Å². The Morgan fingerprint density at radius 3 is 2.86 bits per heavy atom. The summed E-state index contributed by atoms with van der Waals surface area (Å²) in [5.74, 6) is 1.01. The van der Waals surface area contributed by atoms with Crippen molar-refractivity contribution >= 4 is 44.9 Å². The Labute approximate surface area is 133 Å². The lowest BCUT2D eigenvalue weighted by Crippen LogP contribution is -2.38. The molecule has 2 amide bonds. The van der Waals surface area contributed by atoms with E-state index in [2.05, 4.69) is 10.6 Å². The number of thioether (sulfide) groups is 1. The maximum atomic E-state index is 12.0. The summed E-state index contributed by atoms with van der Waals surface area (Å²) in [6.45, 7) is 2.02. The number of rotatable bonds is 4. The van der Waals surface area contributed by atoms with Crippen molar-refractivity contribution in [2.75, 3.05) is 22.6 Å². The molecule has 5 nitrogen and oxygen atoms in total. The van der Waals surface area contributed by atoms with Crippen LogP contribution in [-0.2, 0) is 9.84 Å². The SMILES string of the molecule is CCSc1ccc(Cl)cc1NC(=O)N[C@@H]1CCS(=O)(=O)C1. The number of hydrogen-bond donors (Lipinski definition) is 2. The number of anilines is 1.